The lowest BCUT2D eigenvalue weighted by Crippen LogP contribution is -2.48. The number of aliphatic hydroxyl groups excluding tert-OH is 1. The van der Waals surface area contributed by atoms with Gasteiger partial charge in [0.15, 0.2) is 0 Å². The molecule has 0 aromatic carbocycles. The molecule has 2 heterocycles. The first-order chi connectivity index (χ1) is 7.70. The van der Waals surface area contributed by atoms with Gasteiger partial charge in [-0.3, -0.25) is 0 Å². The highest BCUT2D eigenvalue weighted by molar-refractivity contribution is 5.34. The van der Waals surface area contributed by atoms with E-state index in [2.05, 4.69) is 9.97 Å². The second kappa shape index (κ2) is 4.76. The summed E-state index contributed by atoms with van der Waals surface area (Å²) < 4.78 is 5.33. The largest absolute Gasteiger partial charge is 0.394 e. The van der Waals surface area contributed by atoms with E-state index >= 15 is 0 Å². The van der Waals surface area contributed by atoms with Crippen LogP contribution in [0.1, 0.15) is 11.4 Å². The van der Waals surface area contributed by atoms with Gasteiger partial charge in [-0.05, 0) is 19.9 Å². The van der Waals surface area contributed by atoms with Crippen LogP contribution in [0.15, 0.2) is 6.07 Å². The maximum atomic E-state index is 9.28. The number of nitrogens with zero attached hydrogens (tertiary/aromatic N) is 3. The fourth-order valence-electron chi connectivity index (χ4n) is 1.91. The summed E-state index contributed by atoms with van der Waals surface area (Å²) >= 11 is 0. The molecule has 0 spiro atoms. The van der Waals surface area contributed by atoms with E-state index in [4.69, 9.17) is 4.74 Å². The van der Waals surface area contributed by atoms with Gasteiger partial charge in [-0.25, -0.2) is 9.97 Å². The van der Waals surface area contributed by atoms with Gasteiger partial charge in [0.1, 0.15) is 0 Å². The Bertz CT molecular complexity index is 350. The third-order valence-electron chi connectivity index (χ3n) is 2.67. The molecule has 2 rings (SSSR count). The average Bonchev–Trinajstić information content (AvgIpc) is 2.27. The van der Waals surface area contributed by atoms with Crippen molar-refractivity contribution in [3.05, 3.63) is 17.5 Å². The van der Waals surface area contributed by atoms with E-state index < -0.39 is 0 Å². The Morgan fingerprint density at radius 2 is 2.12 bits per heavy atom. The molecule has 1 aromatic rings. The van der Waals surface area contributed by atoms with Gasteiger partial charge in [-0.1, -0.05) is 0 Å². The van der Waals surface area contributed by atoms with E-state index in [1.807, 2.05) is 24.8 Å². The van der Waals surface area contributed by atoms with E-state index in [9.17, 15) is 5.11 Å². The van der Waals surface area contributed by atoms with Crippen molar-refractivity contribution < 1.29 is 9.84 Å². The van der Waals surface area contributed by atoms with Gasteiger partial charge < -0.3 is 14.7 Å². The molecule has 1 N–H and O–H groups in total. The molecule has 5 heteroatoms. The second-order valence-corrected chi connectivity index (χ2v) is 4.06. The summed E-state index contributed by atoms with van der Waals surface area (Å²) in [7, 11) is 0. The van der Waals surface area contributed by atoms with Crippen LogP contribution in [0.2, 0.25) is 0 Å². The van der Waals surface area contributed by atoms with Gasteiger partial charge in [0.25, 0.3) is 0 Å². The van der Waals surface area contributed by atoms with Gasteiger partial charge in [-0.15, -0.1) is 0 Å². The Hall–Kier alpha value is -1.20. The van der Waals surface area contributed by atoms with Crippen LogP contribution in [0.5, 0.6) is 0 Å². The Morgan fingerprint density at radius 1 is 1.44 bits per heavy atom. The number of aliphatic hydroxyl groups is 1. The molecule has 1 saturated heterocycles. The zero-order valence-corrected chi connectivity index (χ0v) is 9.68. The zero-order valence-electron chi connectivity index (χ0n) is 9.68. The molecule has 1 aromatic heterocycles. The molecule has 0 radical (unpaired) electrons. The lowest BCUT2D eigenvalue weighted by atomic mass is 10.2. The van der Waals surface area contributed by atoms with Crippen LogP contribution >= 0.6 is 0 Å². The maximum Gasteiger partial charge on any atom is 0.226 e. The molecular formula is C11H17N3O2. The number of ether oxygens (including phenoxy) is 1. The van der Waals surface area contributed by atoms with Crippen LogP contribution in [0.3, 0.4) is 0 Å². The van der Waals surface area contributed by atoms with Gasteiger partial charge >= 0.3 is 0 Å². The molecular weight excluding hydrogens is 206 g/mol. The van der Waals surface area contributed by atoms with Crippen LogP contribution in [-0.2, 0) is 4.74 Å². The number of hydrogen-bond donors (Lipinski definition) is 1. The van der Waals surface area contributed by atoms with Crippen LogP contribution in [0, 0.1) is 13.8 Å². The lowest BCUT2D eigenvalue weighted by Gasteiger charge is -2.34. The van der Waals surface area contributed by atoms with Crippen LogP contribution in [-0.4, -0.2) is 47.5 Å². The van der Waals surface area contributed by atoms with Gasteiger partial charge in [0.05, 0.1) is 25.9 Å². The predicted octanol–water partition coefficient (Wildman–Crippen LogP) is 0.291. The highest BCUT2D eigenvalue weighted by Crippen LogP contribution is 2.16. The molecule has 5 nitrogen and oxygen atoms in total. The van der Waals surface area contributed by atoms with Crippen molar-refractivity contribution in [1.82, 2.24) is 9.97 Å². The smallest absolute Gasteiger partial charge is 0.226 e. The van der Waals surface area contributed by atoms with Crippen LogP contribution in [0.25, 0.3) is 0 Å². The highest BCUT2D eigenvalue weighted by Gasteiger charge is 2.24. The molecule has 1 aliphatic heterocycles. The van der Waals surface area contributed by atoms with Gasteiger partial charge in [0.2, 0.25) is 5.95 Å². The van der Waals surface area contributed by atoms with E-state index in [0.29, 0.717) is 19.2 Å². The van der Waals surface area contributed by atoms with Crippen molar-refractivity contribution in [1.29, 1.82) is 0 Å². The number of hydrogen-bond acceptors (Lipinski definition) is 5. The van der Waals surface area contributed by atoms with Crippen molar-refractivity contribution >= 4 is 5.95 Å². The maximum absolute atomic E-state index is 9.28. The lowest BCUT2D eigenvalue weighted by molar-refractivity contribution is 0.0718. The third-order valence-corrected chi connectivity index (χ3v) is 2.67. The van der Waals surface area contributed by atoms with Crippen molar-refractivity contribution in [2.75, 3.05) is 31.3 Å². The van der Waals surface area contributed by atoms with Gasteiger partial charge in [0, 0.05) is 17.9 Å². The summed E-state index contributed by atoms with van der Waals surface area (Å²) in [5, 5.41) is 9.28. The van der Waals surface area contributed by atoms with E-state index in [1.165, 1.54) is 0 Å². The van der Waals surface area contributed by atoms with Crippen LogP contribution in [0.4, 0.5) is 5.95 Å². The van der Waals surface area contributed by atoms with Crippen molar-refractivity contribution in [3.8, 4) is 0 Å². The molecule has 0 aliphatic carbocycles. The zero-order chi connectivity index (χ0) is 11.5. The minimum atomic E-state index is -0.0325. The van der Waals surface area contributed by atoms with E-state index in [0.717, 1.165) is 17.9 Å². The Balaban J connectivity index is 2.26. The summed E-state index contributed by atoms with van der Waals surface area (Å²) in [6.07, 6.45) is 0. The summed E-state index contributed by atoms with van der Waals surface area (Å²) in [6.45, 7) is 5.89. The fourth-order valence-corrected chi connectivity index (χ4v) is 1.91. The fraction of sp³-hybridized carbons (Fsp3) is 0.636. The minimum absolute atomic E-state index is 0.0325. The minimum Gasteiger partial charge on any atom is -0.394 e. The number of morpholine rings is 1. The summed E-state index contributed by atoms with van der Waals surface area (Å²) in [5.74, 6) is 0.694. The molecule has 1 unspecified atom stereocenters. The van der Waals surface area contributed by atoms with Gasteiger partial charge in [-0.2, -0.15) is 0 Å². The molecule has 0 saturated carbocycles. The molecule has 0 bridgehead atoms. The number of rotatable bonds is 2. The van der Waals surface area contributed by atoms with E-state index in [1.54, 1.807) is 0 Å². The van der Waals surface area contributed by atoms with Crippen LogP contribution < -0.4 is 4.90 Å². The monoisotopic (exact) mass is 223 g/mol. The average molecular weight is 223 g/mol. The summed E-state index contributed by atoms with van der Waals surface area (Å²) in [5.41, 5.74) is 1.90. The first-order valence-corrected chi connectivity index (χ1v) is 5.48. The Morgan fingerprint density at radius 3 is 2.75 bits per heavy atom. The van der Waals surface area contributed by atoms with Crippen molar-refractivity contribution in [3.63, 3.8) is 0 Å². The molecule has 0 amide bonds. The third kappa shape index (κ3) is 2.31. The Kier molecular flexibility index (Phi) is 3.36. The number of anilines is 1. The first kappa shape index (κ1) is 11.3. The molecule has 1 aliphatic rings. The highest BCUT2D eigenvalue weighted by atomic mass is 16.5. The van der Waals surface area contributed by atoms with Crippen molar-refractivity contribution in [2.45, 2.75) is 19.9 Å². The predicted molar refractivity (Wildman–Crippen MR) is 60.5 cm³/mol. The number of aromatic nitrogens is 2. The molecule has 1 fully saturated rings. The van der Waals surface area contributed by atoms with Crippen molar-refractivity contribution in [2.24, 2.45) is 0 Å². The quantitative estimate of drug-likeness (QED) is 0.781. The van der Waals surface area contributed by atoms with E-state index in [-0.39, 0.29) is 12.6 Å². The summed E-state index contributed by atoms with van der Waals surface area (Å²) in [4.78, 5) is 10.8. The second-order valence-electron chi connectivity index (χ2n) is 4.06. The topological polar surface area (TPSA) is 58.5 Å². The molecule has 16 heavy (non-hydrogen) atoms. The summed E-state index contributed by atoms with van der Waals surface area (Å²) in [6, 6.07) is 1.91. The SMILES string of the molecule is Cc1cc(C)nc(N2CCOCC2CO)n1. The molecule has 1 atom stereocenters. The standard InChI is InChI=1S/C11H17N3O2/c1-8-5-9(2)13-11(12-8)14-3-4-16-7-10(14)6-15/h5,10,15H,3-4,6-7H2,1-2H3. The normalized spacial score (nSPS) is 21.2. The Labute approximate surface area is 95.1 Å². The first-order valence-electron chi connectivity index (χ1n) is 5.48. The molecule has 88 valence electrons. The number of aryl methyl sites for hydroxylation is 2.